The van der Waals surface area contributed by atoms with Gasteiger partial charge in [-0.2, -0.15) is 0 Å². The first kappa shape index (κ1) is 20.1. The summed E-state index contributed by atoms with van der Waals surface area (Å²) in [6.45, 7) is 2.16. The summed E-state index contributed by atoms with van der Waals surface area (Å²) in [7, 11) is 0. The number of aliphatic hydroxyl groups excluding tert-OH is 1. The van der Waals surface area contributed by atoms with Crippen LogP contribution in [-0.2, 0) is 4.79 Å². The van der Waals surface area contributed by atoms with E-state index in [4.69, 9.17) is 0 Å². The fraction of sp³-hybridized carbons (Fsp3) is 0.304. The van der Waals surface area contributed by atoms with E-state index in [1.807, 2.05) is 43.3 Å². The molecule has 30 heavy (non-hydrogen) atoms. The number of benzene rings is 2. The first-order valence-electron chi connectivity index (χ1n) is 9.98. The van der Waals surface area contributed by atoms with Gasteiger partial charge in [0, 0.05) is 18.2 Å². The zero-order valence-electron chi connectivity index (χ0n) is 16.7. The average molecular weight is 409 g/mol. The molecule has 0 spiro atoms. The predicted molar refractivity (Wildman–Crippen MR) is 112 cm³/mol. The van der Waals surface area contributed by atoms with Crippen LogP contribution in [0.25, 0.3) is 6.08 Å². The van der Waals surface area contributed by atoms with Gasteiger partial charge in [-0.1, -0.05) is 36.4 Å². The van der Waals surface area contributed by atoms with Gasteiger partial charge in [-0.05, 0) is 42.3 Å². The van der Waals surface area contributed by atoms with Crippen molar-refractivity contribution in [2.75, 3.05) is 25.0 Å². The summed E-state index contributed by atoms with van der Waals surface area (Å²) in [6.07, 6.45) is 3.97. The van der Waals surface area contributed by atoms with Crippen LogP contribution in [0.3, 0.4) is 0 Å². The van der Waals surface area contributed by atoms with E-state index in [2.05, 4.69) is 5.32 Å². The third kappa shape index (κ3) is 3.68. The Morgan fingerprint density at radius 2 is 1.90 bits per heavy atom. The lowest BCUT2D eigenvalue weighted by Crippen LogP contribution is -2.73. The van der Waals surface area contributed by atoms with Crippen molar-refractivity contribution in [2.24, 2.45) is 0 Å². The van der Waals surface area contributed by atoms with Crippen molar-refractivity contribution in [3.8, 4) is 0 Å². The van der Waals surface area contributed by atoms with Gasteiger partial charge in [0.2, 0.25) is 5.91 Å². The molecule has 3 amide bonds. The number of nitrogens with one attached hydrogen (secondary N) is 1. The maximum Gasteiger partial charge on any atom is 0.322 e. The van der Waals surface area contributed by atoms with Crippen molar-refractivity contribution in [1.29, 1.82) is 0 Å². The molecule has 4 rings (SSSR count). The number of nitrogens with zero attached hydrogens (tertiary/aromatic N) is 2. The van der Waals surface area contributed by atoms with E-state index < -0.39 is 6.03 Å². The van der Waals surface area contributed by atoms with Crippen LogP contribution in [0.5, 0.6) is 0 Å². The molecule has 0 aromatic heterocycles. The maximum atomic E-state index is 13.1. The van der Waals surface area contributed by atoms with Gasteiger partial charge in [0.1, 0.15) is 12.4 Å². The number of halogens is 1. The largest absolute Gasteiger partial charge is 0.394 e. The van der Waals surface area contributed by atoms with E-state index in [0.717, 1.165) is 11.1 Å². The topological polar surface area (TPSA) is 72.9 Å². The SMILES string of the molecule is CC=Cc1ccc([C@H]2[C@H](CO)N3C(=O)CN(C(=O)Nc4ccc(F)cc4)C[C@@H]23)cc1. The van der Waals surface area contributed by atoms with Gasteiger partial charge in [-0.15, -0.1) is 0 Å². The van der Waals surface area contributed by atoms with Crippen LogP contribution in [0, 0.1) is 5.82 Å². The molecule has 6 nitrogen and oxygen atoms in total. The molecule has 3 atom stereocenters. The van der Waals surface area contributed by atoms with Crippen LogP contribution < -0.4 is 5.32 Å². The average Bonchev–Trinajstić information content (AvgIpc) is 2.72. The fourth-order valence-electron chi connectivity index (χ4n) is 4.41. The van der Waals surface area contributed by atoms with E-state index in [1.165, 1.54) is 29.2 Å². The number of piperazine rings is 1. The van der Waals surface area contributed by atoms with Gasteiger partial charge in [-0.25, -0.2) is 9.18 Å². The molecule has 2 aromatic carbocycles. The number of amides is 3. The van der Waals surface area contributed by atoms with E-state index >= 15 is 0 Å². The molecule has 7 heteroatoms. The highest BCUT2D eigenvalue weighted by Crippen LogP contribution is 2.43. The van der Waals surface area contributed by atoms with Crippen LogP contribution in [0.4, 0.5) is 14.9 Å². The highest BCUT2D eigenvalue weighted by molar-refractivity contribution is 5.93. The molecule has 0 unspecified atom stereocenters. The van der Waals surface area contributed by atoms with Crippen LogP contribution in [0.15, 0.2) is 54.6 Å². The minimum absolute atomic E-state index is 0.0416. The maximum absolute atomic E-state index is 13.1. The van der Waals surface area contributed by atoms with Gasteiger partial charge < -0.3 is 20.2 Å². The molecule has 156 valence electrons. The number of hydrogen-bond donors (Lipinski definition) is 2. The van der Waals surface area contributed by atoms with Crippen molar-refractivity contribution >= 4 is 23.7 Å². The summed E-state index contributed by atoms with van der Waals surface area (Å²) in [6, 6.07) is 12.7. The molecule has 0 radical (unpaired) electrons. The van der Waals surface area contributed by atoms with E-state index in [1.54, 1.807) is 4.90 Å². The minimum Gasteiger partial charge on any atom is -0.394 e. The first-order chi connectivity index (χ1) is 14.5. The monoisotopic (exact) mass is 409 g/mol. The quantitative estimate of drug-likeness (QED) is 0.815. The Labute approximate surface area is 174 Å². The summed E-state index contributed by atoms with van der Waals surface area (Å²) in [5.41, 5.74) is 2.59. The summed E-state index contributed by atoms with van der Waals surface area (Å²) < 4.78 is 13.1. The minimum atomic E-state index is -0.399. The van der Waals surface area contributed by atoms with Crippen LogP contribution >= 0.6 is 0 Å². The van der Waals surface area contributed by atoms with Crippen molar-refractivity contribution < 1.29 is 19.1 Å². The van der Waals surface area contributed by atoms with Gasteiger partial charge in [0.25, 0.3) is 0 Å². The molecule has 2 N–H and O–H groups in total. The number of aliphatic hydroxyl groups is 1. The van der Waals surface area contributed by atoms with Crippen LogP contribution in [-0.4, -0.2) is 58.6 Å². The number of carbonyl (C=O) groups excluding carboxylic acids is 2. The second-order valence-electron chi connectivity index (χ2n) is 7.63. The number of fused-ring (bicyclic) bond motifs is 1. The molecular weight excluding hydrogens is 385 g/mol. The van der Waals surface area contributed by atoms with Crippen LogP contribution in [0.1, 0.15) is 24.0 Å². The van der Waals surface area contributed by atoms with Crippen molar-refractivity contribution in [3.63, 3.8) is 0 Å². The lowest BCUT2D eigenvalue weighted by Gasteiger charge is -2.58. The zero-order chi connectivity index (χ0) is 21.3. The van der Waals surface area contributed by atoms with E-state index in [9.17, 15) is 19.1 Å². The summed E-state index contributed by atoms with van der Waals surface area (Å²) in [5.74, 6) is -0.606. The highest BCUT2D eigenvalue weighted by Gasteiger charge is 2.54. The zero-order valence-corrected chi connectivity index (χ0v) is 16.7. The van der Waals surface area contributed by atoms with E-state index in [-0.39, 0.29) is 42.9 Å². The number of carbonyl (C=O) groups is 2. The molecule has 2 saturated heterocycles. The Hall–Kier alpha value is -3.19. The molecule has 2 aliphatic rings. The van der Waals surface area contributed by atoms with Crippen molar-refractivity contribution in [3.05, 3.63) is 71.6 Å². The van der Waals surface area contributed by atoms with Gasteiger partial charge in [0.05, 0.1) is 18.7 Å². The second kappa shape index (κ2) is 8.28. The van der Waals surface area contributed by atoms with Gasteiger partial charge in [-0.3, -0.25) is 4.79 Å². The summed E-state index contributed by atoms with van der Waals surface area (Å²) in [4.78, 5) is 28.5. The number of anilines is 1. The second-order valence-corrected chi connectivity index (χ2v) is 7.63. The fourth-order valence-corrected chi connectivity index (χ4v) is 4.41. The summed E-state index contributed by atoms with van der Waals surface area (Å²) >= 11 is 0. The number of rotatable bonds is 4. The molecule has 0 aliphatic carbocycles. The molecular formula is C23H24FN3O3. The first-order valence-corrected chi connectivity index (χ1v) is 9.98. The predicted octanol–water partition coefficient (Wildman–Crippen LogP) is 3.06. The smallest absolute Gasteiger partial charge is 0.322 e. The normalized spacial score (nSPS) is 23.3. The van der Waals surface area contributed by atoms with Gasteiger partial charge in [0.15, 0.2) is 0 Å². The molecule has 2 fully saturated rings. The molecule has 0 bridgehead atoms. The third-order valence-corrected chi connectivity index (χ3v) is 5.82. The Balaban J connectivity index is 1.50. The lowest BCUT2D eigenvalue weighted by molar-refractivity contribution is -0.159. The Morgan fingerprint density at radius 1 is 1.20 bits per heavy atom. The molecule has 2 aliphatic heterocycles. The number of urea groups is 1. The Kier molecular flexibility index (Phi) is 5.55. The Bertz CT molecular complexity index is 959. The Morgan fingerprint density at radius 3 is 2.53 bits per heavy atom. The third-order valence-electron chi connectivity index (χ3n) is 5.82. The molecule has 2 heterocycles. The van der Waals surface area contributed by atoms with Crippen molar-refractivity contribution in [2.45, 2.75) is 24.9 Å². The lowest BCUT2D eigenvalue weighted by atomic mass is 9.73. The number of allylic oxidation sites excluding steroid dienone is 1. The molecule has 2 aromatic rings. The highest BCUT2D eigenvalue weighted by atomic mass is 19.1. The summed E-state index contributed by atoms with van der Waals surface area (Å²) in [5, 5.41) is 12.6. The van der Waals surface area contributed by atoms with Crippen molar-refractivity contribution in [1.82, 2.24) is 9.80 Å². The van der Waals surface area contributed by atoms with Crippen LogP contribution in [0.2, 0.25) is 0 Å². The van der Waals surface area contributed by atoms with Gasteiger partial charge >= 0.3 is 6.03 Å². The molecule has 0 saturated carbocycles. The van der Waals surface area contributed by atoms with E-state index in [0.29, 0.717) is 12.2 Å². The standard InChI is InChI=1S/C23H24FN3O3/c1-2-3-15-4-6-16(7-5-15)22-19-12-26(13-21(29)27(19)20(22)14-28)23(30)25-18-10-8-17(24)9-11-18/h2-11,19-20,22,28H,12-14H2,1H3,(H,25,30)/t19-,20-,22+/m0/s1. The number of hydrogen-bond acceptors (Lipinski definition) is 3.